The summed E-state index contributed by atoms with van der Waals surface area (Å²) in [4.78, 5) is 9.99. The van der Waals surface area contributed by atoms with Crippen molar-refractivity contribution in [3.05, 3.63) is 34.9 Å². The predicted molar refractivity (Wildman–Crippen MR) is 116 cm³/mol. The molecule has 0 saturated carbocycles. The fourth-order valence-corrected chi connectivity index (χ4v) is 4.31. The van der Waals surface area contributed by atoms with Gasteiger partial charge in [-0.2, -0.15) is 0 Å². The molecule has 2 N–H and O–H groups in total. The Morgan fingerprint density at radius 3 is 2.19 bits per heavy atom. The van der Waals surface area contributed by atoms with Crippen LogP contribution in [0.15, 0.2) is 23.2 Å². The lowest BCUT2D eigenvalue weighted by molar-refractivity contribution is 0.0591. The largest absolute Gasteiger partial charge is 0.354 e. The Morgan fingerprint density at radius 2 is 1.67 bits per heavy atom. The molecule has 2 atom stereocenters. The number of nitrogens with zero attached hydrogens (tertiary/aromatic N) is 3. The van der Waals surface area contributed by atoms with E-state index in [1.807, 2.05) is 0 Å². The first-order valence-corrected chi connectivity index (χ1v) is 10.5. The van der Waals surface area contributed by atoms with Gasteiger partial charge in [-0.05, 0) is 63.6 Å². The average molecular weight is 374 g/mol. The first kappa shape index (κ1) is 21.7. The van der Waals surface area contributed by atoms with Gasteiger partial charge in [-0.15, -0.1) is 0 Å². The smallest absolute Gasteiger partial charge is 0.193 e. The number of nitrogens with one attached hydrogen (secondary N) is 2. The lowest BCUT2D eigenvalue weighted by Crippen LogP contribution is -2.65. The van der Waals surface area contributed by atoms with Crippen molar-refractivity contribution in [1.82, 2.24) is 20.4 Å². The number of benzene rings is 1. The lowest BCUT2D eigenvalue weighted by atomic mass is 9.97. The molecule has 5 heteroatoms. The molecule has 0 fully saturated rings. The van der Waals surface area contributed by atoms with Crippen molar-refractivity contribution < 1.29 is 0 Å². The van der Waals surface area contributed by atoms with E-state index in [0.717, 1.165) is 45.2 Å². The molecule has 5 nitrogen and oxygen atoms in total. The molecule has 0 spiro atoms. The molecule has 152 valence electrons. The summed E-state index contributed by atoms with van der Waals surface area (Å²) in [6.45, 7) is 21.5. The minimum absolute atomic E-state index is 0.156. The standard InChI is InChI=1S/C22H39N5/c1-8-26(9-2)16-22(7,27(10-3)11-4)25-21-23-15-19(24-21)20-17(5)13-12-14-18(20)6/h12-14,19H,8-11,15-16H2,1-7H3,(H2,23,24,25). The van der Waals surface area contributed by atoms with Crippen LogP contribution >= 0.6 is 0 Å². The Morgan fingerprint density at radius 1 is 1.07 bits per heavy atom. The summed E-state index contributed by atoms with van der Waals surface area (Å²) in [6, 6.07) is 6.68. The second-order valence-electron chi connectivity index (χ2n) is 7.71. The van der Waals surface area contributed by atoms with E-state index in [9.17, 15) is 0 Å². The number of aryl methyl sites for hydroxylation is 2. The van der Waals surface area contributed by atoms with E-state index in [1.54, 1.807) is 0 Å². The molecular weight excluding hydrogens is 334 g/mol. The SMILES string of the molecule is CCN(CC)CC(C)(NC1=NC(c2c(C)cccc2C)CN1)N(CC)CC. The number of hydrogen-bond acceptors (Lipinski definition) is 5. The highest BCUT2D eigenvalue weighted by atomic mass is 15.4. The molecular formula is C22H39N5. The van der Waals surface area contributed by atoms with E-state index in [-0.39, 0.29) is 11.7 Å². The summed E-state index contributed by atoms with van der Waals surface area (Å²) in [5.74, 6) is 0.921. The molecule has 1 aromatic rings. The Kier molecular flexibility index (Phi) is 7.68. The van der Waals surface area contributed by atoms with Crippen LogP contribution in [0.4, 0.5) is 0 Å². The maximum atomic E-state index is 5.02. The number of aliphatic imine (C=N–C) groups is 1. The van der Waals surface area contributed by atoms with Gasteiger partial charge in [0, 0.05) is 13.1 Å². The molecule has 0 saturated heterocycles. The highest BCUT2D eigenvalue weighted by Gasteiger charge is 2.34. The van der Waals surface area contributed by atoms with Gasteiger partial charge < -0.3 is 15.5 Å². The predicted octanol–water partition coefficient (Wildman–Crippen LogP) is 3.29. The van der Waals surface area contributed by atoms with E-state index in [2.05, 4.69) is 87.1 Å². The summed E-state index contributed by atoms with van der Waals surface area (Å²) >= 11 is 0. The first-order valence-electron chi connectivity index (χ1n) is 10.5. The van der Waals surface area contributed by atoms with Crippen LogP contribution in [0.5, 0.6) is 0 Å². The summed E-state index contributed by atoms with van der Waals surface area (Å²) in [5, 5.41) is 7.28. The van der Waals surface area contributed by atoms with Gasteiger partial charge >= 0.3 is 0 Å². The number of rotatable bonds is 9. The van der Waals surface area contributed by atoms with Crippen LogP contribution in [0.1, 0.15) is 57.4 Å². The highest BCUT2D eigenvalue weighted by molar-refractivity contribution is 5.82. The molecule has 0 amide bonds. The fraction of sp³-hybridized carbons (Fsp3) is 0.682. The topological polar surface area (TPSA) is 42.9 Å². The molecule has 0 bridgehead atoms. The Labute approximate surface area is 166 Å². The van der Waals surface area contributed by atoms with E-state index in [4.69, 9.17) is 4.99 Å². The number of likely N-dealkylation sites (N-methyl/N-ethyl adjacent to an activating group) is 2. The highest BCUT2D eigenvalue weighted by Crippen LogP contribution is 2.27. The van der Waals surface area contributed by atoms with E-state index >= 15 is 0 Å². The molecule has 1 heterocycles. The third-order valence-corrected chi connectivity index (χ3v) is 5.90. The third kappa shape index (κ3) is 5.02. The average Bonchev–Trinajstić information content (AvgIpc) is 3.08. The summed E-state index contributed by atoms with van der Waals surface area (Å²) < 4.78 is 0. The summed E-state index contributed by atoms with van der Waals surface area (Å²) in [7, 11) is 0. The second-order valence-corrected chi connectivity index (χ2v) is 7.71. The van der Waals surface area contributed by atoms with Crippen molar-refractivity contribution in [3.63, 3.8) is 0 Å². The zero-order chi connectivity index (χ0) is 20.0. The number of guanidine groups is 1. The van der Waals surface area contributed by atoms with Gasteiger partial charge in [0.2, 0.25) is 0 Å². The molecule has 1 aliphatic heterocycles. The van der Waals surface area contributed by atoms with Gasteiger partial charge in [-0.25, -0.2) is 4.99 Å². The molecule has 27 heavy (non-hydrogen) atoms. The summed E-state index contributed by atoms with van der Waals surface area (Å²) in [5.41, 5.74) is 3.84. The van der Waals surface area contributed by atoms with Crippen LogP contribution in [-0.4, -0.2) is 60.7 Å². The van der Waals surface area contributed by atoms with Gasteiger partial charge in [-0.3, -0.25) is 4.90 Å². The molecule has 2 rings (SSSR count). The maximum absolute atomic E-state index is 5.02. The Bertz CT molecular complexity index is 613. The normalized spacial score (nSPS) is 19.1. The van der Waals surface area contributed by atoms with Crippen molar-refractivity contribution in [3.8, 4) is 0 Å². The molecule has 1 aliphatic rings. The van der Waals surface area contributed by atoms with Crippen molar-refractivity contribution in [2.75, 3.05) is 39.3 Å². The molecule has 0 radical (unpaired) electrons. The van der Waals surface area contributed by atoms with Crippen LogP contribution in [0.25, 0.3) is 0 Å². The minimum atomic E-state index is -0.156. The van der Waals surface area contributed by atoms with Crippen LogP contribution in [-0.2, 0) is 0 Å². The van der Waals surface area contributed by atoms with Crippen molar-refractivity contribution in [2.24, 2.45) is 4.99 Å². The van der Waals surface area contributed by atoms with Gasteiger partial charge in [0.05, 0.1) is 6.04 Å². The quantitative estimate of drug-likeness (QED) is 0.652. The Hall–Kier alpha value is -1.59. The maximum Gasteiger partial charge on any atom is 0.193 e. The van der Waals surface area contributed by atoms with E-state index < -0.39 is 0 Å². The first-order chi connectivity index (χ1) is 12.9. The lowest BCUT2D eigenvalue weighted by Gasteiger charge is -2.44. The minimum Gasteiger partial charge on any atom is -0.354 e. The van der Waals surface area contributed by atoms with Crippen LogP contribution in [0.3, 0.4) is 0 Å². The van der Waals surface area contributed by atoms with Crippen molar-refractivity contribution in [1.29, 1.82) is 0 Å². The van der Waals surface area contributed by atoms with E-state index in [0.29, 0.717) is 0 Å². The monoisotopic (exact) mass is 373 g/mol. The Balaban J connectivity index is 2.24. The van der Waals surface area contributed by atoms with Crippen molar-refractivity contribution >= 4 is 5.96 Å². The van der Waals surface area contributed by atoms with Gasteiger partial charge in [0.15, 0.2) is 5.96 Å². The van der Waals surface area contributed by atoms with Gasteiger partial charge in [0.25, 0.3) is 0 Å². The second kappa shape index (κ2) is 9.56. The van der Waals surface area contributed by atoms with E-state index in [1.165, 1.54) is 16.7 Å². The molecule has 1 aromatic carbocycles. The molecule has 2 unspecified atom stereocenters. The van der Waals surface area contributed by atoms with Gasteiger partial charge in [0.1, 0.15) is 5.66 Å². The van der Waals surface area contributed by atoms with Gasteiger partial charge in [-0.1, -0.05) is 45.9 Å². The fourth-order valence-electron chi connectivity index (χ4n) is 4.31. The molecule has 0 aromatic heterocycles. The zero-order valence-electron chi connectivity index (χ0n) is 18.4. The van der Waals surface area contributed by atoms with Crippen LogP contribution in [0, 0.1) is 13.8 Å². The molecule has 0 aliphatic carbocycles. The van der Waals surface area contributed by atoms with Crippen molar-refractivity contribution in [2.45, 2.75) is 60.2 Å². The third-order valence-electron chi connectivity index (χ3n) is 5.90. The number of hydrogen-bond donors (Lipinski definition) is 2. The zero-order valence-corrected chi connectivity index (χ0v) is 18.4. The van der Waals surface area contributed by atoms with Crippen LogP contribution in [0.2, 0.25) is 0 Å². The van der Waals surface area contributed by atoms with Crippen LogP contribution < -0.4 is 10.6 Å². The summed E-state index contributed by atoms with van der Waals surface area (Å²) in [6.07, 6.45) is 0.